The number of carboxylic acids is 1. The first kappa shape index (κ1) is 18.1. The first-order valence-corrected chi connectivity index (χ1v) is 6.66. The summed E-state index contributed by atoms with van der Waals surface area (Å²) in [6, 6.07) is 12.3. The minimum absolute atomic E-state index is 0. The lowest BCUT2D eigenvalue weighted by Crippen LogP contribution is -2.17. The van der Waals surface area contributed by atoms with Crippen LogP contribution >= 0.6 is 12.4 Å². The summed E-state index contributed by atoms with van der Waals surface area (Å²) in [5.74, 6) is -4.03. The summed E-state index contributed by atoms with van der Waals surface area (Å²) in [7, 11) is 0. The van der Waals surface area contributed by atoms with Gasteiger partial charge in [-0.15, -0.1) is 12.4 Å². The van der Waals surface area contributed by atoms with E-state index in [0.29, 0.717) is 11.1 Å². The van der Waals surface area contributed by atoms with E-state index in [2.05, 4.69) is 0 Å². The van der Waals surface area contributed by atoms with Gasteiger partial charge in [-0.3, -0.25) is 4.79 Å². The van der Waals surface area contributed by atoms with Crippen molar-refractivity contribution in [3.05, 3.63) is 70.8 Å². The molecule has 2 aromatic carbocycles. The molecule has 0 saturated carbocycles. The summed E-state index contributed by atoms with van der Waals surface area (Å²) >= 11 is 0. The highest BCUT2D eigenvalue weighted by atomic mass is 35.5. The fourth-order valence-electron chi connectivity index (χ4n) is 2.25. The van der Waals surface area contributed by atoms with Crippen LogP contribution in [0.1, 0.15) is 28.7 Å². The number of halogens is 3. The molecule has 0 radical (unpaired) electrons. The van der Waals surface area contributed by atoms with Crippen LogP contribution < -0.4 is 0 Å². The normalized spacial score (nSPS) is 10.9. The highest BCUT2D eigenvalue weighted by Gasteiger charge is 2.35. The number of carbonyl (C=O) groups is 1. The van der Waals surface area contributed by atoms with Crippen molar-refractivity contribution in [2.24, 2.45) is 0 Å². The number of aryl methyl sites for hydroxylation is 2. The maximum Gasteiger partial charge on any atom is 0.303 e. The molecular weight excluding hydrogens is 310 g/mol. The second-order valence-electron chi connectivity index (χ2n) is 4.98. The highest BCUT2D eigenvalue weighted by molar-refractivity contribution is 5.85. The van der Waals surface area contributed by atoms with Gasteiger partial charge in [0, 0.05) is 17.5 Å². The molecule has 118 valence electrons. The fraction of sp³-hybridized carbons (Fsp3) is 0.235. The van der Waals surface area contributed by atoms with Crippen LogP contribution in [-0.4, -0.2) is 11.1 Å². The lowest BCUT2D eigenvalue weighted by molar-refractivity contribution is -0.136. The van der Waals surface area contributed by atoms with E-state index in [0.717, 1.165) is 0 Å². The molecule has 0 bridgehead atoms. The maximum absolute atomic E-state index is 14.6. The Morgan fingerprint density at radius 2 is 1.82 bits per heavy atom. The number of hydrogen-bond donors (Lipinski definition) is 1. The topological polar surface area (TPSA) is 37.3 Å². The van der Waals surface area contributed by atoms with Crippen LogP contribution in [0.2, 0.25) is 0 Å². The fourth-order valence-corrected chi connectivity index (χ4v) is 2.25. The number of aliphatic carboxylic acids is 1. The molecule has 5 heteroatoms. The third-order valence-corrected chi connectivity index (χ3v) is 3.40. The lowest BCUT2D eigenvalue weighted by Gasteiger charge is -2.20. The highest BCUT2D eigenvalue weighted by Crippen LogP contribution is 2.37. The van der Waals surface area contributed by atoms with Crippen LogP contribution in [0, 0.1) is 6.92 Å². The van der Waals surface area contributed by atoms with Crippen LogP contribution in [0.3, 0.4) is 0 Å². The Morgan fingerprint density at radius 3 is 2.45 bits per heavy atom. The molecule has 0 aliphatic heterocycles. The third-order valence-electron chi connectivity index (χ3n) is 3.40. The second-order valence-corrected chi connectivity index (χ2v) is 4.98. The van der Waals surface area contributed by atoms with Crippen molar-refractivity contribution in [2.75, 3.05) is 0 Å². The Kier molecular flexibility index (Phi) is 6.06. The van der Waals surface area contributed by atoms with Crippen molar-refractivity contribution in [2.45, 2.75) is 25.7 Å². The van der Waals surface area contributed by atoms with Crippen molar-refractivity contribution in [3.63, 3.8) is 0 Å². The van der Waals surface area contributed by atoms with Crippen molar-refractivity contribution in [1.82, 2.24) is 0 Å². The summed E-state index contributed by atoms with van der Waals surface area (Å²) in [4.78, 5) is 10.6. The molecule has 0 aromatic heterocycles. The molecule has 0 fully saturated rings. The summed E-state index contributed by atoms with van der Waals surface area (Å²) in [5.41, 5.74) is 0.988. The molecule has 22 heavy (non-hydrogen) atoms. The zero-order valence-electron chi connectivity index (χ0n) is 12.1. The van der Waals surface area contributed by atoms with Gasteiger partial charge in [0.2, 0.25) is 0 Å². The molecule has 0 aliphatic carbocycles. The molecule has 0 unspecified atom stereocenters. The number of hydrogen-bond acceptors (Lipinski definition) is 1. The molecule has 1 N–H and O–H groups in total. The van der Waals surface area contributed by atoms with Gasteiger partial charge in [0.15, 0.2) is 0 Å². The largest absolute Gasteiger partial charge is 0.481 e. The van der Waals surface area contributed by atoms with E-state index >= 15 is 0 Å². The molecule has 0 saturated heterocycles. The zero-order chi connectivity index (χ0) is 15.5. The van der Waals surface area contributed by atoms with Gasteiger partial charge >= 0.3 is 5.97 Å². The molecule has 2 nitrogen and oxygen atoms in total. The van der Waals surface area contributed by atoms with Gasteiger partial charge in [-0.2, -0.15) is 8.78 Å². The smallest absolute Gasteiger partial charge is 0.303 e. The van der Waals surface area contributed by atoms with E-state index in [9.17, 15) is 13.6 Å². The van der Waals surface area contributed by atoms with Crippen LogP contribution in [0.15, 0.2) is 48.5 Å². The molecule has 2 aromatic rings. The minimum Gasteiger partial charge on any atom is -0.481 e. The number of benzene rings is 2. The number of carboxylic acid groups (broad SMARTS) is 1. The van der Waals surface area contributed by atoms with Crippen molar-refractivity contribution < 1.29 is 18.7 Å². The predicted molar refractivity (Wildman–Crippen MR) is 83.8 cm³/mol. The molecular formula is C17H17ClF2O2. The summed E-state index contributed by atoms with van der Waals surface area (Å²) in [6.07, 6.45) is 0.173. The van der Waals surface area contributed by atoms with Crippen molar-refractivity contribution >= 4 is 18.4 Å². The quantitative estimate of drug-likeness (QED) is 0.873. The number of alkyl halides is 2. The van der Waals surface area contributed by atoms with Crippen LogP contribution in [0.25, 0.3) is 0 Å². The molecule has 2 rings (SSSR count). The second kappa shape index (κ2) is 7.36. The van der Waals surface area contributed by atoms with Gasteiger partial charge in [-0.05, 0) is 30.5 Å². The standard InChI is InChI=1S/C17H16F2O2.ClH/c1-12-5-2-3-8-15(12)17(18,19)14-7-4-6-13(11-14)9-10-16(20)21;/h2-8,11H,9-10H2,1H3,(H,20,21);1H. The molecule has 0 spiro atoms. The van der Waals surface area contributed by atoms with Crippen molar-refractivity contribution in [1.29, 1.82) is 0 Å². The van der Waals surface area contributed by atoms with E-state index in [-0.39, 0.29) is 36.4 Å². The Bertz CT molecular complexity index is 657. The van der Waals surface area contributed by atoms with Gasteiger partial charge in [0.25, 0.3) is 5.92 Å². The van der Waals surface area contributed by atoms with E-state index < -0.39 is 11.9 Å². The first-order valence-electron chi connectivity index (χ1n) is 6.66. The van der Waals surface area contributed by atoms with Gasteiger partial charge in [-0.25, -0.2) is 0 Å². The van der Waals surface area contributed by atoms with E-state index in [4.69, 9.17) is 5.11 Å². The Labute approximate surface area is 134 Å². The van der Waals surface area contributed by atoms with E-state index in [1.807, 2.05) is 0 Å². The third kappa shape index (κ3) is 4.04. The average Bonchev–Trinajstić information content (AvgIpc) is 2.45. The van der Waals surface area contributed by atoms with E-state index in [1.54, 1.807) is 37.3 Å². The first-order chi connectivity index (χ1) is 9.91. The maximum atomic E-state index is 14.6. The Hall–Kier alpha value is -1.94. The molecule has 0 atom stereocenters. The lowest BCUT2D eigenvalue weighted by atomic mass is 9.94. The summed E-state index contributed by atoms with van der Waals surface area (Å²) in [5, 5.41) is 8.67. The minimum atomic E-state index is -3.09. The monoisotopic (exact) mass is 326 g/mol. The average molecular weight is 327 g/mol. The summed E-state index contributed by atoms with van der Waals surface area (Å²) < 4.78 is 29.2. The Balaban J connectivity index is 0.00000242. The summed E-state index contributed by atoms with van der Waals surface area (Å²) in [6.45, 7) is 1.65. The van der Waals surface area contributed by atoms with Crippen LogP contribution in [0.4, 0.5) is 8.78 Å². The van der Waals surface area contributed by atoms with Crippen LogP contribution in [0.5, 0.6) is 0 Å². The number of rotatable bonds is 5. The van der Waals surface area contributed by atoms with Crippen molar-refractivity contribution in [3.8, 4) is 0 Å². The Morgan fingerprint density at radius 1 is 1.14 bits per heavy atom. The van der Waals surface area contributed by atoms with Gasteiger partial charge in [0.05, 0.1) is 0 Å². The van der Waals surface area contributed by atoms with Gasteiger partial charge in [-0.1, -0.05) is 42.5 Å². The van der Waals surface area contributed by atoms with Crippen LogP contribution in [-0.2, 0) is 17.1 Å². The zero-order valence-corrected chi connectivity index (χ0v) is 12.9. The molecule has 0 heterocycles. The van der Waals surface area contributed by atoms with E-state index in [1.165, 1.54) is 18.2 Å². The SMILES string of the molecule is Cc1ccccc1C(F)(F)c1cccc(CCC(=O)O)c1.Cl. The predicted octanol–water partition coefficient (Wildman–Crippen LogP) is 4.57. The van der Waals surface area contributed by atoms with Gasteiger partial charge in [0.1, 0.15) is 0 Å². The van der Waals surface area contributed by atoms with Gasteiger partial charge < -0.3 is 5.11 Å². The molecule has 0 amide bonds. The molecule has 0 aliphatic rings.